The molecule has 0 spiro atoms. The van der Waals surface area contributed by atoms with Crippen LogP contribution in [0.1, 0.15) is 51.9 Å². The Bertz CT molecular complexity index is 198. The summed E-state index contributed by atoms with van der Waals surface area (Å²) in [7, 11) is 0. The number of nitrogens with two attached hydrogens (primary N) is 1. The number of carbonyl (C=O) groups is 1. The molecule has 0 aromatic heterocycles. The molecule has 1 saturated carbocycles. The molecule has 1 fully saturated rings. The second-order valence-electron chi connectivity index (χ2n) is 4.53. The summed E-state index contributed by atoms with van der Waals surface area (Å²) in [6.45, 7) is 3.09. The number of carbonyl (C=O) groups excluding carboxylic acids is 1. The van der Waals surface area contributed by atoms with Crippen LogP contribution in [-0.4, -0.2) is 19.1 Å². The number of ether oxygens (including phenoxy) is 1. The Hall–Kier alpha value is -0.570. The van der Waals surface area contributed by atoms with Crippen LogP contribution in [0.5, 0.6) is 0 Å². The van der Waals surface area contributed by atoms with Gasteiger partial charge >= 0.3 is 5.97 Å². The van der Waals surface area contributed by atoms with Crippen LogP contribution in [0.2, 0.25) is 0 Å². The first kappa shape index (κ1) is 12.5. The molecule has 88 valence electrons. The van der Waals surface area contributed by atoms with Crippen molar-refractivity contribution >= 4 is 5.97 Å². The number of hydrogen-bond donors (Lipinski definition) is 1. The normalized spacial score (nSPS) is 19.9. The van der Waals surface area contributed by atoms with Gasteiger partial charge in [0, 0.05) is 6.54 Å². The third-order valence-electron chi connectivity index (χ3n) is 3.37. The lowest BCUT2D eigenvalue weighted by Crippen LogP contribution is -2.41. The molecular formula is C12H23NO2. The van der Waals surface area contributed by atoms with Gasteiger partial charge in [0.15, 0.2) is 0 Å². The fourth-order valence-corrected chi connectivity index (χ4v) is 2.18. The molecule has 0 heterocycles. The van der Waals surface area contributed by atoms with E-state index in [2.05, 4.69) is 6.92 Å². The van der Waals surface area contributed by atoms with Gasteiger partial charge in [-0.05, 0) is 19.3 Å². The molecule has 1 rings (SSSR count). The van der Waals surface area contributed by atoms with Crippen molar-refractivity contribution < 1.29 is 9.53 Å². The van der Waals surface area contributed by atoms with Crippen molar-refractivity contribution in [2.45, 2.75) is 51.9 Å². The van der Waals surface area contributed by atoms with Gasteiger partial charge in [0.2, 0.25) is 0 Å². The third-order valence-corrected chi connectivity index (χ3v) is 3.37. The predicted octanol–water partition coefficient (Wildman–Crippen LogP) is 2.24. The lowest BCUT2D eigenvalue weighted by atomic mass is 9.74. The molecule has 0 amide bonds. The zero-order chi connectivity index (χ0) is 11.1. The van der Waals surface area contributed by atoms with E-state index in [9.17, 15) is 4.79 Å². The van der Waals surface area contributed by atoms with Crippen LogP contribution < -0.4 is 5.73 Å². The summed E-state index contributed by atoms with van der Waals surface area (Å²) in [5.41, 5.74) is 5.39. The first-order valence-corrected chi connectivity index (χ1v) is 6.12. The zero-order valence-corrected chi connectivity index (χ0v) is 9.76. The smallest absolute Gasteiger partial charge is 0.313 e. The summed E-state index contributed by atoms with van der Waals surface area (Å²) in [5, 5.41) is 0. The topological polar surface area (TPSA) is 52.3 Å². The van der Waals surface area contributed by atoms with Crippen LogP contribution in [0.25, 0.3) is 0 Å². The second-order valence-corrected chi connectivity index (χ2v) is 4.53. The Morgan fingerprint density at radius 3 is 2.53 bits per heavy atom. The summed E-state index contributed by atoms with van der Waals surface area (Å²) in [4.78, 5) is 11.9. The first-order chi connectivity index (χ1) is 7.25. The van der Waals surface area contributed by atoms with Crippen molar-refractivity contribution in [2.24, 2.45) is 11.1 Å². The molecule has 0 atom stereocenters. The average molecular weight is 213 g/mol. The number of rotatable bonds is 5. The van der Waals surface area contributed by atoms with Gasteiger partial charge in [-0.2, -0.15) is 0 Å². The first-order valence-electron chi connectivity index (χ1n) is 6.12. The van der Waals surface area contributed by atoms with Gasteiger partial charge in [0.05, 0.1) is 12.0 Å². The molecule has 0 aliphatic heterocycles. The van der Waals surface area contributed by atoms with E-state index in [4.69, 9.17) is 10.5 Å². The highest BCUT2D eigenvalue weighted by molar-refractivity contribution is 5.77. The van der Waals surface area contributed by atoms with E-state index in [0.717, 1.165) is 38.5 Å². The van der Waals surface area contributed by atoms with Crippen molar-refractivity contribution in [3.63, 3.8) is 0 Å². The molecule has 0 saturated heterocycles. The molecule has 0 bridgehead atoms. The van der Waals surface area contributed by atoms with Crippen LogP contribution >= 0.6 is 0 Å². The Kier molecular flexibility index (Phi) is 5.09. The highest BCUT2D eigenvalue weighted by Gasteiger charge is 2.39. The van der Waals surface area contributed by atoms with Gasteiger partial charge < -0.3 is 10.5 Å². The Labute approximate surface area is 92.4 Å². The molecular weight excluding hydrogens is 190 g/mol. The minimum atomic E-state index is -0.355. The highest BCUT2D eigenvalue weighted by atomic mass is 16.5. The van der Waals surface area contributed by atoms with Crippen LogP contribution in [0, 0.1) is 5.41 Å². The number of unbranched alkanes of at least 4 members (excludes halogenated alkanes) is 1. The lowest BCUT2D eigenvalue weighted by molar-refractivity contribution is -0.157. The van der Waals surface area contributed by atoms with Crippen molar-refractivity contribution in [2.75, 3.05) is 13.2 Å². The fraction of sp³-hybridized carbons (Fsp3) is 0.917. The molecule has 0 aromatic carbocycles. The monoisotopic (exact) mass is 213 g/mol. The summed E-state index contributed by atoms with van der Waals surface area (Å²) >= 11 is 0. The highest BCUT2D eigenvalue weighted by Crippen LogP contribution is 2.36. The van der Waals surface area contributed by atoms with E-state index in [-0.39, 0.29) is 11.4 Å². The molecule has 15 heavy (non-hydrogen) atoms. The Balaban J connectivity index is 2.45. The second kappa shape index (κ2) is 6.11. The van der Waals surface area contributed by atoms with E-state index >= 15 is 0 Å². The number of hydrogen-bond acceptors (Lipinski definition) is 3. The van der Waals surface area contributed by atoms with Crippen LogP contribution in [0.3, 0.4) is 0 Å². The SMILES string of the molecule is CCCCOC(=O)C1(CN)CCCCC1. The third kappa shape index (κ3) is 3.20. The van der Waals surface area contributed by atoms with E-state index in [1.165, 1.54) is 6.42 Å². The van der Waals surface area contributed by atoms with Gasteiger partial charge in [-0.1, -0.05) is 32.6 Å². The molecule has 0 unspecified atom stereocenters. The van der Waals surface area contributed by atoms with E-state index < -0.39 is 0 Å². The van der Waals surface area contributed by atoms with Gasteiger partial charge in [-0.15, -0.1) is 0 Å². The maximum atomic E-state index is 11.9. The molecule has 3 nitrogen and oxygen atoms in total. The average Bonchev–Trinajstić information content (AvgIpc) is 2.30. The van der Waals surface area contributed by atoms with E-state index in [1.807, 2.05) is 0 Å². The standard InChI is InChI=1S/C12H23NO2/c1-2-3-9-15-11(14)12(10-13)7-5-4-6-8-12/h2-10,13H2,1H3. The maximum absolute atomic E-state index is 11.9. The minimum absolute atomic E-state index is 0.0573. The van der Waals surface area contributed by atoms with E-state index in [1.54, 1.807) is 0 Å². The van der Waals surface area contributed by atoms with Gasteiger partial charge in [-0.3, -0.25) is 4.79 Å². The fourth-order valence-electron chi connectivity index (χ4n) is 2.18. The van der Waals surface area contributed by atoms with Gasteiger partial charge in [0.25, 0.3) is 0 Å². The Morgan fingerprint density at radius 2 is 2.00 bits per heavy atom. The van der Waals surface area contributed by atoms with E-state index in [0.29, 0.717) is 13.2 Å². The minimum Gasteiger partial charge on any atom is -0.465 e. The van der Waals surface area contributed by atoms with Crippen molar-refractivity contribution in [3.8, 4) is 0 Å². The van der Waals surface area contributed by atoms with Crippen LogP contribution in [0.4, 0.5) is 0 Å². The Morgan fingerprint density at radius 1 is 1.33 bits per heavy atom. The summed E-state index contributed by atoms with van der Waals surface area (Å²) in [6, 6.07) is 0. The quantitative estimate of drug-likeness (QED) is 0.563. The van der Waals surface area contributed by atoms with Crippen molar-refractivity contribution in [3.05, 3.63) is 0 Å². The molecule has 3 heteroatoms. The summed E-state index contributed by atoms with van der Waals surface area (Å²) in [5.74, 6) is -0.0573. The molecule has 2 N–H and O–H groups in total. The largest absolute Gasteiger partial charge is 0.465 e. The lowest BCUT2D eigenvalue weighted by Gasteiger charge is -2.33. The predicted molar refractivity (Wildman–Crippen MR) is 60.4 cm³/mol. The summed E-state index contributed by atoms with van der Waals surface area (Å²) < 4.78 is 5.30. The molecule has 1 aliphatic rings. The van der Waals surface area contributed by atoms with Crippen molar-refractivity contribution in [1.29, 1.82) is 0 Å². The maximum Gasteiger partial charge on any atom is 0.313 e. The summed E-state index contributed by atoms with van der Waals surface area (Å²) in [6.07, 6.45) is 7.28. The molecule has 1 aliphatic carbocycles. The van der Waals surface area contributed by atoms with Crippen molar-refractivity contribution in [1.82, 2.24) is 0 Å². The van der Waals surface area contributed by atoms with Crippen LogP contribution in [-0.2, 0) is 9.53 Å². The molecule has 0 radical (unpaired) electrons. The zero-order valence-electron chi connectivity index (χ0n) is 9.76. The van der Waals surface area contributed by atoms with Gasteiger partial charge in [0.1, 0.15) is 0 Å². The molecule has 0 aromatic rings. The van der Waals surface area contributed by atoms with Gasteiger partial charge in [-0.25, -0.2) is 0 Å². The van der Waals surface area contributed by atoms with Crippen LogP contribution in [0.15, 0.2) is 0 Å². The number of esters is 1.